The average molecular weight is 290 g/mol. The number of phenols is 2. The van der Waals surface area contributed by atoms with Crippen molar-refractivity contribution in [3.05, 3.63) is 59.7 Å². The number of carbonyl (C=O) groups excluding carboxylic acids is 1. The van der Waals surface area contributed by atoms with Gasteiger partial charge in [-0.2, -0.15) is 0 Å². The van der Waals surface area contributed by atoms with E-state index in [-0.39, 0.29) is 22.6 Å². The molecule has 0 saturated carbocycles. The average Bonchev–Trinajstić information content (AvgIpc) is 2.48. The van der Waals surface area contributed by atoms with Crippen LogP contribution in [0, 0.1) is 0 Å². The number of carboxylic acids is 1. The molecule has 0 saturated heterocycles. The second-order valence-corrected chi connectivity index (χ2v) is 3.83. The molecule has 6 heteroatoms. The first kappa shape index (κ1) is 16.0. The van der Waals surface area contributed by atoms with Crippen LogP contribution in [0.3, 0.4) is 0 Å². The molecule has 3 N–H and O–H groups in total. The number of rotatable bonds is 2. The number of hydrogen-bond donors (Lipinski definition) is 3. The minimum absolute atomic E-state index is 0.0562. The summed E-state index contributed by atoms with van der Waals surface area (Å²) in [6.07, 6.45) is 0. The third-order valence-corrected chi connectivity index (χ3v) is 2.44. The SMILES string of the molecule is COC(=O)c1ccccc1O.O=C(O)c1ccccc1O. The van der Waals surface area contributed by atoms with E-state index in [1.807, 2.05) is 0 Å². The number of aromatic hydroxyl groups is 2. The number of benzene rings is 2. The summed E-state index contributed by atoms with van der Waals surface area (Å²) in [4.78, 5) is 21.1. The highest BCUT2D eigenvalue weighted by atomic mass is 16.5. The van der Waals surface area contributed by atoms with E-state index in [4.69, 9.17) is 15.3 Å². The van der Waals surface area contributed by atoms with Crippen molar-refractivity contribution in [3.63, 3.8) is 0 Å². The smallest absolute Gasteiger partial charge is 0.341 e. The van der Waals surface area contributed by atoms with Crippen molar-refractivity contribution in [1.82, 2.24) is 0 Å². The molecule has 0 aliphatic rings. The number of esters is 1. The number of aromatic carboxylic acids is 1. The monoisotopic (exact) mass is 290 g/mol. The number of carbonyl (C=O) groups is 2. The van der Waals surface area contributed by atoms with Gasteiger partial charge in [0.1, 0.15) is 22.6 Å². The predicted molar refractivity (Wildman–Crippen MR) is 74.5 cm³/mol. The number of methoxy groups -OCH3 is 1. The van der Waals surface area contributed by atoms with Crippen molar-refractivity contribution in [2.75, 3.05) is 7.11 Å². The van der Waals surface area contributed by atoms with E-state index in [2.05, 4.69) is 4.74 Å². The quantitative estimate of drug-likeness (QED) is 0.733. The predicted octanol–water partition coefficient (Wildman–Crippen LogP) is 2.27. The van der Waals surface area contributed by atoms with E-state index in [9.17, 15) is 9.59 Å². The summed E-state index contributed by atoms with van der Waals surface area (Å²) in [5.41, 5.74) is 0.123. The van der Waals surface area contributed by atoms with Crippen LogP contribution in [-0.4, -0.2) is 34.4 Å². The Morgan fingerprint density at radius 3 is 1.62 bits per heavy atom. The lowest BCUT2D eigenvalue weighted by Gasteiger charge is -1.99. The minimum atomic E-state index is -1.11. The molecule has 0 unspecified atom stereocenters. The van der Waals surface area contributed by atoms with E-state index in [1.165, 1.54) is 31.4 Å². The fourth-order valence-corrected chi connectivity index (χ4v) is 1.41. The van der Waals surface area contributed by atoms with Gasteiger partial charge in [-0.15, -0.1) is 0 Å². The van der Waals surface area contributed by atoms with Gasteiger partial charge >= 0.3 is 11.9 Å². The lowest BCUT2D eigenvalue weighted by molar-refractivity contribution is 0.0596. The van der Waals surface area contributed by atoms with Gasteiger partial charge < -0.3 is 20.1 Å². The Balaban J connectivity index is 0.000000211. The number of phenolic OH excluding ortho intramolecular Hbond substituents is 1. The molecule has 0 heterocycles. The highest BCUT2D eigenvalue weighted by molar-refractivity contribution is 5.92. The van der Waals surface area contributed by atoms with Gasteiger partial charge in [-0.05, 0) is 24.3 Å². The molecule has 0 radical (unpaired) electrons. The first-order valence-electron chi connectivity index (χ1n) is 5.85. The van der Waals surface area contributed by atoms with E-state index in [0.29, 0.717) is 0 Å². The number of carboxylic acid groups (broad SMARTS) is 1. The van der Waals surface area contributed by atoms with Crippen LogP contribution in [0.1, 0.15) is 20.7 Å². The van der Waals surface area contributed by atoms with Crippen LogP contribution in [0.5, 0.6) is 11.5 Å². The molecule has 2 aromatic rings. The Morgan fingerprint density at radius 1 is 0.857 bits per heavy atom. The van der Waals surface area contributed by atoms with Gasteiger partial charge in [0.2, 0.25) is 0 Å². The van der Waals surface area contributed by atoms with Crippen LogP contribution in [0.2, 0.25) is 0 Å². The molecule has 21 heavy (non-hydrogen) atoms. The van der Waals surface area contributed by atoms with Crippen LogP contribution in [0.25, 0.3) is 0 Å². The molecule has 0 spiro atoms. The molecule has 2 aromatic carbocycles. The van der Waals surface area contributed by atoms with Crippen molar-refractivity contribution in [1.29, 1.82) is 0 Å². The summed E-state index contributed by atoms with van der Waals surface area (Å²) in [5, 5.41) is 26.4. The van der Waals surface area contributed by atoms with Crippen LogP contribution in [0.4, 0.5) is 0 Å². The Bertz CT molecular complexity index is 636. The number of ether oxygens (including phenoxy) is 1. The molecule has 6 nitrogen and oxygen atoms in total. The maximum atomic E-state index is 10.9. The second kappa shape index (κ2) is 7.54. The maximum absolute atomic E-state index is 10.9. The first-order chi connectivity index (χ1) is 9.97. The van der Waals surface area contributed by atoms with Gasteiger partial charge in [-0.25, -0.2) is 9.59 Å². The summed E-state index contributed by atoms with van der Waals surface area (Å²) in [5.74, 6) is -1.89. The molecular formula is C15H14O6. The zero-order valence-corrected chi connectivity index (χ0v) is 11.2. The summed E-state index contributed by atoms with van der Waals surface area (Å²) < 4.78 is 4.42. The van der Waals surface area contributed by atoms with Gasteiger partial charge in [0.05, 0.1) is 7.11 Å². The summed E-state index contributed by atoms with van der Waals surface area (Å²) in [6.45, 7) is 0. The molecule has 0 aliphatic carbocycles. The molecule has 0 bridgehead atoms. The first-order valence-corrected chi connectivity index (χ1v) is 5.85. The summed E-state index contributed by atoms with van der Waals surface area (Å²) in [7, 11) is 1.27. The standard InChI is InChI=1S/C8H8O3.C7H6O3/c1-11-8(10)6-4-2-3-5-7(6)9;8-6-4-2-1-3-5(6)7(9)10/h2-5,9H,1H3;1-4,8H,(H,9,10). The summed E-state index contributed by atoms with van der Waals surface area (Å²) >= 11 is 0. The Morgan fingerprint density at radius 2 is 1.29 bits per heavy atom. The third-order valence-electron chi connectivity index (χ3n) is 2.44. The van der Waals surface area contributed by atoms with Crippen LogP contribution in [-0.2, 0) is 4.74 Å². The van der Waals surface area contributed by atoms with Gasteiger partial charge in [0, 0.05) is 0 Å². The highest BCUT2D eigenvalue weighted by Gasteiger charge is 2.08. The van der Waals surface area contributed by atoms with E-state index < -0.39 is 11.9 Å². The van der Waals surface area contributed by atoms with Gasteiger partial charge in [0.15, 0.2) is 0 Å². The summed E-state index contributed by atoms with van der Waals surface area (Å²) in [6, 6.07) is 12.0. The zero-order chi connectivity index (χ0) is 15.8. The van der Waals surface area contributed by atoms with E-state index in [1.54, 1.807) is 24.3 Å². The fraction of sp³-hybridized carbons (Fsp3) is 0.0667. The normalized spacial score (nSPS) is 9.19. The third kappa shape index (κ3) is 4.54. The molecule has 0 atom stereocenters. The molecule has 110 valence electrons. The van der Waals surface area contributed by atoms with Crippen molar-refractivity contribution >= 4 is 11.9 Å². The van der Waals surface area contributed by atoms with Crippen molar-refractivity contribution in [2.24, 2.45) is 0 Å². The largest absolute Gasteiger partial charge is 0.507 e. The zero-order valence-electron chi connectivity index (χ0n) is 11.2. The van der Waals surface area contributed by atoms with Crippen LogP contribution >= 0.6 is 0 Å². The Hall–Kier alpha value is -3.02. The van der Waals surface area contributed by atoms with Crippen molar-refractivity contribution < 1.29 is 29.6 Å². The van der Waals surface area contributed by atoms with Crippen LogP contribution in [0.15, 0.2) is 48.5 Å². The lowest BCUT2D eigenvalue weighted by Crippen LogP contribution is -2.00. The highest BCUT2D eigenvalue weighted by Crippen LogP contribution is 2.16. The Kier molecular flexibility index (Phi) is 5.76. The van der Waals surface area contributed by atoms with Gasteiger partial charge in [0.25, 0.3) is 0 Å². The second-order valence-electron chi connectivity index (χ2n) is 3.83. The molecule has 0 amide bonds. The van der Waals surface area contributed by atoms with Gasteiger partial charge in [-0.1, -0.05) is 24.3 Å². The molecular weight excluding hydrogens is 276 g/mol. The molecule has 0 aromatic heterocycles. The maximum Gasteiger partial charge on any atom is 0.341 e. The van der Waals surface area contributed by atoms with Crippen molar-refractivity contribution in [3.8, 4) is 11.5 Å². The van der Waals surface area contributed by atoms with E-state index in [0.717, 1.165) is 0 Å². The van der Waals surface area contributed by atoms with Crippen LogP contribution < -0.4 is 0 Å². The molecule has 2 rings (SSSR count). The Labute approximate surface area is 120 Å². The minimum Gasteiger partial charge on any atom is -0.507 e. The van der Waals surface area contributed by atoms with Crippen molar-refractivity contribution in [2.45, 2.75) is 0 Å². The molecule has 0 aliphatic heterocycles. The van der Waals surface area contributed by atoms with E-state index >= 15 is 0 Å². The topological polar surface area (TPSA) is 104 Å². The molecule has 0 fully saturated rings. The fourth-order valence-electron chi connectivity index (χ4n) is 1.41. The lowest BCUT2D eigenvalue weighted by atomic mass is 10.2. The van der Waals surface area contributed by atoms with Gasteiger partial charge in [-0.3, -0.25) is 0 Å². The number of hydrogen-bond acceptors (Lipinski definition) is 5. The number of para-hydroxylation sites is 2.